The fraction of sp³-hybridized carbons (Fsp3) is 0.111. The Balaban J connectivity index is 0.00000289. The predicted molar refractivity (Wildman–Crippen MR) is 132 cm³/mol. The summed E-state index contributed by atoms with van der Waals surface area (Å²) in [6.45, 7) is 6.27. The molecule has 162 valence electrons. The summed E-state index contributed by atoms with van der Waals surface area (Å²) >= 11 is 0. The smallest absolute Gasteiger partial charge is 0.269 e. The Bertz CT molecular complexity index is 1090. The first-order chi connectivity index (χ1) is 14.9. The Kier molecular flexibility index (Phi) is 7.13. The number of nitrogens with zero attached hydrogens (tertiary/aromatic N) is 1. The molecule has 0 radical (unpaired) electrons. The molecule has 0 saturated heterocycles. The van der Waals surface area contributed by atoms with Crippen molar-refractivity contribution >= 4 is 34.2 Å². The van der Waals surface area contributed by atoms with Crippen molar-refractivity contribution in [2.75, 3.05) is 0 Å². The van der Waals surface area contributed by atoms with E-state index < -0.39 is 7.26 Å². The van der Waals surface area contributed by atoms with Gasteiger partial charge >= 0.3 is 0 Å². The molecule has 4 aromatic rings. The highest BCUT2D eigenvalue weighted by Gasteiger charge is 2.48. The van der Waals surface area contributed by atoms with E-state index in [4.69, 9.17) is 0 Å². The lowest BCUT2D eigenvalue weighted by atomic mass is 10.2. The summed E-state index contributed by atoms with van der Waals surface area (Å²) in [7, 11) is -2.24. The van der Waals surface area contributed by atoms with Crippen LogP contribution in [0.1, 0.15) is 16.7 Å². The van der Waals surface area contributed by atoms with E-state index in [2.05, 4.69) is 93.6 Å². The van der Waals surface area contributed by atoms with Crippen LogP contribution < -0.4 is 33.6 Å². The molecule has 5 heteroatoms. The second kappa shape index (κ2) is 9.65. The number of nitro benzene ring substituents is 1. The molecule has 0 unspecified atom stereocenters. The third-order valence-electron chi connectivity index (χ3n) is 5.71. The molecule has 0 bridgehead atoms. The second-order valence-electron chi connectivity index (χ2n) is 7.95. The van der Waals surface area contributed by atoms with Gasteiger partial charge in [0.05, 0.1) is 4.92 Å². The first-order valence-corrected chi connectivity index (χ1v) is 12.1. The van der Waals surface area contributed by atoms with E-state index >= 15 is 0 Å². The lowest BCUT2D eigenvalue weighted by molar-refractivity contribution is -0.384. The third kappa shape index (κ3) is 4.32. The average molecular weight is 462 g/mol. The quantitative estimate of drug-likeness (QED) is 0.260. The van der Waals surface area contributed by atoms with Gasteiger partial charge in [0.1, 0.15) is 28.5 Å². The Morgan fingerprint density at radius 3 is 1.03 bits per heavy atom. The number of hydrogen-bond acceptors (Lipinski definition) is 2. The lowest BCUT2D eigenvalue weighted by Gasteiger charge is -2.28. The van der Waals surface area contributed by atoms with Crippen molar-refractivity contribution in [3.05, 3.63) is 124 Å². The van der Waals surface area contributed by atoms with Gasteiger partial charge in [-0.2, -0.15) is 0 Å². The van der Waals surface area contributed by atoms with E-state index in [-0.39, 0.29) is 23.0 Å². The zero-order valence-electron chi connectivity index (χ0n) is 18.3. The molecule has 32 heavy (non-hydrogen) atoms. The fourth-order valence-electron chi connectivity index (χ4n) is 4.00. The maximum absolute atomic E-state index is 11.3. The van der Waals surface area contributed by atoms with E-state index in [0.717, 1.165) is 5.30 Å². The van der Waals surface area contributed by atoms with Gasteiger partial charge in [0.25, 0.3) is 5.69 Å². The average Bonchev–Trinajstić information content (AvgIpc) is 2.78. The SMILES string of the molecule is Cc1ccc([P+](c2ccc(C)cc2)(c2ccc(C)cc2)c2ccc([N+](=O)[O-])cc2)cc1.[Cl-]. The van der Waals surface area contributed by atoms with Crippen LogP contribution in [-0.2, 0) is 0 Å². The van der Waals surface area contributed by atoms with Gasteiger partial charge in [0.15, 0.2) is 0 Å². The van der Waals surface area contributed by atoms with Crippen molar-refractivity contribution in [2.24, 2.45) is 0 Å². The molecule has 0 spiro atoms. The summed E-state index contributed by atoms with van der Waals surface area (Å²) in [4.78, 5) is 11.0. The molecule has 0 aromatic heterocycles. The molecule has 0 saturated carbocycles. The summed E-state index contributed by atoms with van der Waals surface area (Å²) in [6.07, 6.45) is 0. The highest BCUT2D eigenvalue weighted by Crippen LogP contribution is 2.54. The van der Waals surface area contributed by atoms with Gasteiger partial charge in [0.2, 0.25) is 0 Å². The number of halogens is 1. The molecule has 0 aliphatic carbocycles. The standard InChI is InChI=1S/C27H25NO2P.ClH/c1-20-4-12-24(13-5-20)31(25-14-6-21(2)7-15-25,26-16-8-22(3)9-17-26)27-18-10-23(11-19-27)28(29)30;/h4-19H,1-3H3;1H/q+1;/p-1. The Morgan fingerprint density at radius 1 is 0.531 bits per heavy atom. The Hall–Kier alpha value is -3.00. The van der Waals surface area contributed by atoms with Crippen LogP contribution >= 0.6 is 7.26 Å². The van der Waals surface area contributed by atoms with Gasteiger partial charge in [-0.1, -0.05) is 53.1 Å². The number of aryl methyl sites for hydroxylation is 3. The maximum Gasteiger partial charge on any atom is 0.269 e. The molecule has 0 aliphatic rings. The zero-order valence-corrected chi connectivity index (χ0v) is 20.0. The minimum atomic E-state index is -2.24. The first-order valence-electron chi connectivity index (χ1n) is 10.3. The van der Waals surface area contributed by atoms with Gasteiger partial charge < -0.3 is 12.4 Å². The van der Waals surface area contributed by atoms with Crippen molar-refractivity contribution in [3.8, 4) is 0 Å². The van der Waals surface area contributed by atoms with E-state index in [0.29, 0.717) is 0 Å². The van der Waals surface area contributed by atoms with E-state index in [1.165, 1.54) is 32.6 Å². The molecule has 0 N–H and O–H groups in total. The molecule has 4 rings (SSSR count). The topological polar surface area (TPSA) is 43.1 Å². The highest BCUT2D eigenvalue weighted by molar-refractivity contribution is 8.01. The number of benzene rings is 4. The molecule has 0 amide bonds. The van der Waals surface area contributed by atoms with Gasteiger partial charge in [-0.25, -0.2) is 0 Å². The van der Waals surface area contributed by atoms with Crippen LogP contribution in [0, 0.1) is 30.9 Å². The maximum atomic E-state index is 11.3. The van der Waals surface area contributed by atoms with Crippen LogP contribution in [0.3, 0.4) is 0 Å². The van der Waals surface area contributed by atoms with E-state index in [9.17, 15) is 10.1 Å². The summed E-state index contributed by atoms with van der Waals surface area (Å²) in [5.74, 6) is 0. The number of nitro groups is 1. The zero-order chi connectivity index (χ0) is 22.0. The molecule has 4 aromatic carbocycles. The summed E-state index contributed by atoms with van der Waals surface area (Å²) in [5.41, 5.74) is 3.73. The van der Waals surface area contributed by atoms with Gasteiger partial charge in [-0.15, -0.1) is 0 Å². The van der Waals surface area contributed by atoms with Gasteiger partial charge in [0, 0.05) is 12.1 Å². The summed E-state index contributed by atoms with van der Waals surface area (Å²) < 4.78 is 0. The molecule has 0 atom stereocenters. The summed E-state index contributed by atoms with van der Waals surface area (Å²) in [6, 6.07) is 33.3. The minimum Gasteiger partial charge on any atom is -1.00 e. The second-order valence-corrected chi connectivity index (χ2v) is 11.4. The first kappa shape index (κ1) is 23.7. The van der Waals surface area contributed by atoms with Crippen LogP contribution in [0.15, 0.2) is 97.1 Å². The van der Waals surface area contributed by atoms with Crippen molar-refractivity contribution < 1.29 is 17.3 Å². The summed E-state index contributed by atoms with van der Waals surface area (Å²) in [5, 5.41) is 16.1. The third-order valence-corrected chi connectivity index (χ3v) is 10.0. The number of hydrogen-bond donors (Lipinski definition) is 0. The van der Waals surface area contributed by atoms with E-state index in [1.807, 2.05) is 12.1 Å². The van der Waals surface area contributed by atoms with Crippen molar-refractivity contribution in [1.29, 1.82) is 0 Å². The molecule has 3 nitrogen and oxygen atoms in total. The fourth-order valence-corrected chi connectivity index (χ4v) is 8.17. The van der Waals surface area contributed by atoms with Crippen molar-refractivity contribution in [1.82, 2.24) is 0 Å². The highest BCUT2D eigenvalue weighted by atomic mass is 35.5. The molecular weight excluding hydrogens is 437 g/mol. The van der Waals surface area contributed by atoms with Crippen LogP contribution in [-0.4, -0.2) is 4.92 Å². The Labute approximate surface area is 196 Å². The monoisotopic (exact) mass is 461 g/mol. The number of rotatable bonds is 5. The van der Waals surface area contributed by atoms with Crippen LogP contribution in [0.4, 0.5) is 5.69 Å². The van der Waals surface area contributed by atoms with Crippen LogP contribution in [0.25, 0.3) is 0 Å². The van der Waals surface area contributed by atoms with Gasteiger partial charge in [-0.05, 0) is 69.3 Å². The molecule has 0 aliphatic heterocycles. The van der Waals surface area contributed by atoms with Crippen LogP contribution in [0.5, 0.6) is 0 Å². The molecule has 0 heterocycles. The largest absolute Gasteiger partial charge is 1.00 e. The lowest BCUT2D eigenvalue weighted by Crippen LogP contribution is -3.00. The van der Waals surface area contributed by atoms with Crippen LogP contribution in [0.2, 0.25) is 0 Å². The minimum absolute atomic E-state index is 0. The predicted octanol–water partition coefficient (Wildman–Crippen LogP) is 2.14. The van der Waals surface area contributed by atoms with Gasteiger partial charge in [-0.3, -0.25) is 10.1 Å². The van der Waals surface area contributed by atoms with Crippen molar-refractivity contribution in [2.45, 2.75) is 20.8 Å². The van der Waals surface area contributed by atoms with Crippen molar-refractivity contribution in [3.63, 3.8) is 0 Å². The molecular formula is C27H25ClNO2P. The number of non-ortho nitro benzene ring substituents is 1. The van der Waals surface area contributed by atoms with E-state index in [1.54, 1.807) is 12.1 Å². The normalized spacial score (nSPS) is 11.0. The Morgan fingerprint density at radius 2 is 0.781 bits per heavy atom. The molecule has 0 fully saturated rings.